The number of quaternary nitrogens is 1. The van der Waals surface area contributed by atoms with Crippen molar-refractivity contribution in [3.8, 4) is 0 Å². The highest BCUT2D eigenvalue weighted by Gasteiger charge is 2.23. The fourth-order valence-corrected chi connectivity index (χ4v) is 10.4. The van der Waals surface area contributed by atoms with Crippen LogP contribution in [-0.2, 0) is 18.4 Å². The summed E-state index contributed by atoms with van der Waals surface area (Å²) in [7, 11) is 1.24. The Bertz CT molecular complexity index is 1360. The highest BCUT2D eigenvalue weighted by molar-refractivity contribution is 7.45. The lowest BCUT2D eigenvalue weighted by Crippen LogP contribution is -2.45. The van der Waals surface area contributed by atoms with Crippen molar-refractivity contribution in [3.63, 3.8) is 0 Å². The zero-order valence-electron chi connectivity index (χ0n) is 50.5. The SMILES string of the molecule is CCCCCCCCCC/C=C\CCCCCCCCCCCCCCCCCCCC(=O)NC(COP(=O)([O-])OCC[N+](C)(C)C)C(O)/C=C/CC/C=C/CC/C=C/CCCCCCCCCCCCCCCC. The van der Waals surface area contributed by atoms with Crippen molar-refractivity contribution in [1.82, 2.24) is 5.32 Å². The van der Waals surface area contributed by atoms with Crippen molar-refractivity contribution < 1.29 is 32.9 Å². The van der Waals surface area contributed by atoms with Gasteiger partial charge in [0.2, 0.25) is 5.91 Å². The van der Waals surface area contributed by atoms with Crippen LogP contribution in [0.4, 0.5) is 0 Å². The van der Waals surface area contributed by atoms with Crippen LogP contribution in [0, 0.1) is 0 Å². The first-order valence-corrected chi connectivity index (χ1v) is 34.0. The van der Waals surface area contributed by atoms with Gasteiger partial charge in [-0.05, 0) is 70.6 Å². The van der Waals surface area contributed by atoms with Crippen LogP contribution in [0.25, 0.3) is 0 Å². The molecule has 0 aliphatic carbocycles. The number of nitrogens with one attached hydrogen (secondary N) is 1. The smallest absolute Gasteiger partial charge is 0.268 e. The van der Waals surface area contributed by atoms with Crippen LogP contribution in [0.15, 0.2) is 48.6 Å². The first-order chi connectivity index (χ1) is 36.5. The minimum absolute atomic E-state index is 0.00840. The number of hydrogen-bond donors (Lipinski definition) is 2. The number of likely N-dealkylation sites (N-methyl/N-ethyl adjacent to an activating group) is 1. The number of phosphoric acid groups is 1. The van der Waals surface area contributed by atoms with Crippen LogP contribution < -0.4 is 10.2 Å². The summed E-state index contributed by atoms with van der Waals surface area (Å²) < 4.78 is 23.4. The van der Waals surface area contributed by atoms with Gasteiger partial charge in [0.05, 0.1) is 39.9 Å². The third kappa shape index (κ3) is 60.0. The van der Waals surface area contributed by atoms with E-state index in [0.717, 1.165) is 44.9 Å². The number of unbranched alkanes of at least 4 members (excludes halogenated alkanes) is 41. The van der Waals surface area contributed by atoms with E-state index >= 15 is 0 Å². The molecule has 0 aromatic rings. The summed E-state index contributed by atoms with van der Waals surface area (Å²) in [6, 6.07) is -0.911. The summed E-state index contributed by atoms with van der Waals surface area (Å²) >= 11 is 0. The van der Waals surface area contributed by atoms with Gasteiger partial charge in [0.15, 0.2) is 0 Å². The molecule has 0 aromatic heterocycles. The van der Waals surface area contributed by atoms with Gasteiger partial charge in [-0.25, -0.2) is 0 Å². The first kappa shape index (κ1) is 73.5. The quantitative estimate of drug-likeness (QED) is 0.0272. The van der Waals surface area contributed by atoms with Gasteiger partial charge in [0, 0.05) is 6.42 Å². The number of carbonyl (C=O) groups is 1. The summed E-state index contributed by atoms with van der Waals surface area (Å²) in [6.07, 6.45) is 76.5. The minimum atomic E-state index is -4.61. The zero-order valence-corrected chi connectivity index (χ0v) is 51.4. The highest BCUT2D eigenvalue weighted by Crippen LogP contribution is 2.38. The van der Waals surface area contributed by atoms with E-state index < -0.39 is 26.6 Å². The normalized spacial score (nSPS) is 14.1. The number of aliphatic hydroxyl groups is 1. The Morgan fingerprint density at radius 2 is 0.747 bits per heavy atom. The molecule has 0 aliphatic rings. The third-order valence-electron chi connectivity index (χ3n) is 14.7. The fraction of sp³-hybridized carbons (Fsp3) is 0.864. The highest BCUT2D eigenvalue weighted by atomic mass is 31.2. The molecule has 1 amide bonds. The molecule has 3 atom stereocenters. The Hall–Kier alpha value is -1.54. The van der Waals surface area contributed by atoms with E-state index in [0.29, 0.717) is 17.4 Å². The number of hydrogen-bond acceptors (Lipinski definition) is 6. The second-order valence-corrected chi connectivity index (χ2v) is 24.9. The second kappa shape index (κ2) is 57.2. The largest absolute Gasteiger partial charge is 0.756 e. The van der Waals surface area contributed by atoms with Crippen molar-refractivity contribution >= 4 is 13.7 Å². The van der Waals surface area contributed by atoms with Crippen molar-refractivity contribution in [2.75, 3.05) is 40.9 Å². The summed E-state index contributed by atoms with van der Waals surface area (Å²) in [6.45, 7) is 4.66. The molecule has 0 saturated heterocycles. The molecule has 0 spiro atoms. The molecule has 3 unspecified atom stereocenters. The van der Waals surface area contributed by atoms with Crippen LogP contribution in [0.5, 0.6) is 0 Å². The molecule has 0 radical (unpaired) electrons. The monoisotopic (exact) mass is 1070 g/mol. The molecule has 2 N–H and O–H groups in total. The Balaban J connectivity index is 4.16. The molecule has 0 aromatic carbocycles. The average Bonchev–Trinajstić information content (AvgIpc) is 3.37. The van der Waals surface area contributed by atoms with E-state index in [1.165, 1.54) is 250 Å². The van der Waals surface area contributed by atoms with Crippen LogP contribution >= 0.6 is 7.82 Å². The molecular formula is C66H127N2O6P. The summed E-state index contributed by atoms with van der Waals surface area (Å²) in [4.78, 5) is 25.6. The standard InChI is InChI=1S/C66H127N2O6P/c1-6-8-10-12-14-16-18-20-22-24-26-28-30-32-33-34-35-36-38-40-42-44-46-48-50-52-54-56-58-60-66(70)67-64(63-74-75(71,72)73-62-61-68(3,4)5)65(69)59-57-55-53-51-49-47-45-43-41-39-37-31-29-27-25-23-21-19-17-15-13-11-9-7-2/h24,26,41,43,49,51,57,59,64-65,69H,6-23,25,27-40,42,44-48,50,52-56,58,60-63H2,1-5H3,(H-,67,70,71,72)/b26-24-,43-41+,51-49+,59-57+. The van der Waals surface area contributed by atoms with Crippen LogP contribution in [0.1, 0.15) is 316 Å². The summed E-state index contributed by atoms with van der Waals surface area (Å²) in [5, 5.41) is 13.9. The average molecular weight is 1080 g/mol. The molecule has 0 fully saturated rings. The predicted molar refractivity (Wildman–Crippen MR) is 325 cm³/mol. The maximum Gasteiger partial charge on any atom is 0.268 e. The molecule has 0 aliphatic heterocycles. The van der Waals surface area contributed by atoms with E-state index in [1.54, 1.807) is 6.08 Å². The summed E-state index contributed by atoms with van der Waals surface area (Å²) in [5.41, 5.74) is 0. The number of rotatable bonds is 60. The van der Waals surface area contributed by atoms with Gasteiger partial charge in [-0.2, -0.15) is 0 Å². The first-order valence-electron chi connectivity index (χ1n) is 32.5. The molecule has 75 heavy (non-hydrogen) atoms. The van der Waals surface area contributed by atoms with E-state index in [-0.39, 0.29) is 12.5 Å². The number of amides is 1. The van der Waals surface area contributed by atoms with Crippen LogP contribution in [0.2, 0.25) is 0 Å². The van der Waals surface area contributed by atoms with E-state index in [4.69, 9.17) is 9.05 Å². The lowest BCUT2D eigenvalue weighted by atomic mass is 10.0. The number of phosphoric ester groups is 1. The number of carbonyl (C=O) groups excluding carboxylic acids is 1. The van der Waals surface area contributed by atoms with Gasteiger partial charge >= 0.3 is 0 Å². The van der Waals surface area contributed by atoms with Gasteiger partial charge in [0.1, 0.15) is 13.2 Å². The topological polar surface area (TPSA) is 108 Å². The van der Waals surface area contributed by atoms with Gasteiger partial charge in [-0.1, -0.05) is 287 Å². The van der Waals surface area contributed by atoms with Crippen LogP contribution in [0.3, 0.4) is 0 Å². The second-order valence-electron chi connectivity index (χ2n) is 23.4. The Kier molecular flexibility index (Phi) is 56.0. The van der Waals surface area contributed by atoms with Gasteiger partial charge in [0.25, 0.3) is 7.82 Å². The Morgan fingerprint density at radius 1 is 0.453 bits per heavy atom. The zero-order chi connectivity index (χ0) is 54.9. The maximum atomic E-state index is 13.0. The molecule has 0 saturated carbocycles. The van der Waals surface area contributed by atoms with E-state index in [1.807, 2.05) is 27.2 Å². The third-order valence-corrected chi connectivity index (χ3v) is 15.7. The predicted octanol–water partition coefficient (Wildman–Crippen LogP) is 19.6. The lowest BCUT2D eigenvalue weighted by molar-refractivity contribution is -0.870. The van der Waals surface area contributed by atoms with Crippen molar-refractivity contribution in [1.29, 1.82) is 0 Å². The fourth-order valence-electron chi connectivity index (χ4n) is 9.65. The lowest BCUT2D eigenvalue weighted by Gasteiger charge is -2.29. The Labute approximate surface area is 467 Å². The molecule has 0 rings (SSSR count). The molecular weight excluding hydrogens is 948 g/mol. The Morgan fingerprint density at radius 3 is 1.08 bits per heavy atom. The van der Waals surface area contributed by atoms with Crippen molar-refractivity contribution in [2.24, 2.45) is 0 Å². The maximum absolute atomic E-state index is 13.0. The van der Waals surface area contributed by atoms with Gasteiger partial charge in [-0.15, -0.1) is 0 Å². The number of nitrogens with zero attached hydrogens (tertiary/aromatic N) is 1. The number of allylic oxidation sites excluding steroid dienone is 7. The number of aliphatic hydroxyl groups excluding tert-OH is 1. The molecule has 8 nitrogen and oxygen atoms in total. The van der Waals surface area contributed by atoms with Crippen LogP contribution in [-0.4, -0.2) is 68.5 Å². The minimum Gasteiger partial charge on any atom is -0.756 e. The molecule has 0 heterocycles. The summed E-state index contributed by atoms with van der Waals surface area (Å²) in [5.74, 6) is -0.206. The van der Waals surface area contributed by atoms with Gasteiger partial charge in [-0.3, -0.25) is 9.36 Å². The van der Waals surface area contributed by atoms with E-state index in [2.05, 4.69) is 55.6 Å². The molecule has 0 bridgehead atoms. The van der Waals surface area contributed by atoms with E-state index in [9.17, 15) is 19.4 Å². The van der Waals surface area contributed by atoms with Gasteiger partial charge < -0.3 is 28.8 Å². The van der Waals surface area contributed by atoms with Crippen molar-refractivity contribution in [2.45, 2.75) is 328 Å². The molecule has 442 valence electrons. The van der Waals surface area contributed by atoms with Crippen molar-refractivity contribution in [3.05, 3.63) is 48.6 Å². The molecule has 9 heteroatoms.